The van der Waals surface area contributed by atoms with Crippen LogP contribution in [0.5, 0.6) is 5.75 Å². The molecule has 3 aromatic rings. The summed E-state index contributed by atoms with van der Waals surface area (Å²) in [4.78, 5) is 17.5. The molecular formula is C19H22N2O2. The van der Waals surface area contributed by atoms with Crippen molar-refractivity contribution < 1.29 is 4.74 Å². The molecule has 120 valence electrons. The number of fused-ring (bicyclic) bond motifs is 3. The van der Waals surface area contributed by atoms with Crippen LogP contribution in [0, 0.1) is 0 Å². The lowest BCUT2D eigenvalue weighted by Crippen LogP contribution is -2.36. The van der Waals surface area contributed by atoms with E-state index >= 15 is 0 Å². The van der Waals surface area contributed by atoms with Crippen LogP contribution in [0.2, 0.25) is 0 Å². The van der Waals surface area contributed by atoms with E-state index in [4.69, 9.17) is 4.74 Å². The number of rotatable bonds is 5. The van der Waals surface area contributed by atoms with E-state index in [0.29, 0.717) is 5.39 Å². The van der Waals surface area contributed by atoms with Crippen molar-refractivity contribution in [3.8, 4) is 5.75 Å². The van der Waals surface area contributed by atoms with Crippen molar-refractivity contribution in [3.63, 3.8) is 0 Å². The third kappa shape index (κ3) is 2.94. The smallest absolute Gasteiger partial charge is 0.256 e. The van der Waals surface area contributed by atoms with Crippen molar-refractivity contribution in [2.45, 2.75) is 27.0 Å². The molecule has 1 aromatic heterocycles. The first-order chi connectivity index (χ1) is 11.1. The van der Waals surface area contributed by atoms with Gasteiger partial charge in [0.05, 0.1) is 5.39 Å². The molecule has 0 saturated heterocycles. The fourth-order valence-electron chi connectivity index (χ4n) is 3.05. The Morgan fingerprint density at radius 1 is 1.04 bits per heavy atom. The Balaban J connectivity index is 2.04. The fourth-order valence-corrected chi connectivity index (χ4v) is 3.05. The van der Waals surface area contributed by atoms with E-state index < -0.39 is 0 Å². The van der Waals surface area contributed by atoms with Crippen molar-refractivity contribution in [3.05, 3.63) is 52.8 Å². The Kier molecular flexibility index (Phi) is 4.35. The van der Waals surface area contributed by atoms with Gasteiger partial charge in [-0.05, 0) is 49.7 Å². The van der Waals surface area contributed by atoms with Crippen molar-refractivity contribution in [1.29, 1.82) is 0 Å². The summed E-state index contributed by atoms with van der Waals surface area (Å²) in [7, 11) is 0. The second kappa shape index (κ2) is 6.42. The third-order valence-corrected chi connectivity index (χ3v) is 4.33. The molecule has 2 aromatic carbocycles. The summed E-state index contributed by atoms with van der Waals surface area (Å²) in [5, 5.41) is 2.66. The molecule has 0 aliphatic carbocycles. The molecule has 1 atom stereocenters. The average molecular weight is 310 g/mol. The van der Waals surface area contributed by atoms with Crippen LogP contribution >= 0.6 is 0 Å². The Hall–Kier alpha value is -2.33. The van der Waals surface area contributed by atoms with Crippen molar-refractivity contribution in [1.82, 2.24) is 9.88 Å². The molecule has 0 fully saturated rings. The molecule has 0 radical (unpaired) electrons. The predicted molar refractivity (Wildman–Crippen MR) is 95.1 cm³/mol. The Bertz CT molecular complexity index is 881. The zero-order valence-electron chi connectivity index (χ0n) is 13.8. The first kappa shape index (κ1) is 15.6. The number of ether oxygens (including phenoxy) is 1. The van der Waals surface area contributed by atoms with E-state index in [-0.39, 0.29) is 11.8 Å². The summed E-state index contributed by atoms with van der Waals surface area (Å²) in [6.07, 6.45) is -0.0259. The molecule has 3 rings (SSSR count). The van der Waals surface area contributed by atoms with E-state index in [1.807, 2.05) is 49.4 Å². The molecule has 23 heavy (non-hydrogen) atoms. The van der Waals surface area contributed by atoms with Gasteiger partial charge < -0.3 is 9.72 Å². The quantitative estimate of drug-likeness (QED) is 0.576. The normalized spacial score (nSPS) is 12.9. The maximum atomic E-state index is 12.4. The summed E-state index contributed by atoms with van der Waals surface area (Å²) in [5.74, 6) is 0.720. The van der Waals surface area contributed by atoms with Gasteiger partial charge in [-0.3, -0.25) is 9.69 Å². The monoisotopic (exact) mass is 310 g/mol. The number of nitrogens with one attached hydrogen (secondary N) is 1. The highest BCUT2D eigenvalue weighted by Crippen LogP contribution is 2.25. The third-order valence-electron chi connectivity index (χ3n) is 4.33. The highest BCUT2D eigenvalue weighted by molar-refractivity contribution is 6.05. The first-order valence-electron chi connectivity index (χ1n) is 8.09. The number of hydrogen-bond donors (Lipinski definition) is 1. The minimum absolute atomic E-state index is 0.0259. The Morgan fingerprint density at radius 3 is 2.52 bits per heavy atom. The molecule has 1 heterocycles. The van der Waals surface area contributed by atoms with Crippen LogP contribution in [0.25, 0.3) is 21.7 Å². The summed E-state index contributed by atoms with van der Waals surface area (Å²) in [6.45, 7) is 8.11. The molecule has 0 aliphatic rings. The number of pyridine rings is 1. The number of aromatic amines is 1. The Labute approximate surface area is 135 Å². The van der Waals surface area contributed by atoms with Gasteiger partial charge in [-0.1, -0.05) is 32.0 Å². The van der Waals surface area contributed by atoms with E-state index in [0.717, 1.165) is 35.1 Å². The number of nitrogens with zero attached hydrogens (tertiary/aromatic N) is 1. The second-order valence-corrected chi connectivity index (χ2v) is 5.65. The molecule has 0 aliphatic heterocycles. The largest absolute Gasteiger partial charge is 0.475 e. The highest BCUT2D eigenvalue weighted by Gasteiger charge is 2.12. The van der Waals surface area contributed by atoms with Crippen LogP contribution in [-0.2, 0) is 0 Å². The first-order valence-corrected chi connectivity index (χ1v) is 8.09. The minimum Gasteiger partial charge on any atom is -0.475 e. The summed E-state index contributed by atoms with van der Waals surface area (Å²) in [5.41, 5.74) is 0.773. The van der Waals surface area contributed by atoms with Gasteiger partial charge in [0.15, 0.2) is 0 Å². The second-order valence-electron chi connectivity index (χ2n) is 5.65. The number of benzene rings is 2. The standard InChI is InChI=1S/C19H22N2O2/c1-4-21(5-2)13(3)23-14-10-11-15-16-8-6-7-9-18(16)20-19(22)17(15)12-14/h6-13H,4-5H2,1-3H3,(H,20,22). The lowest BCUT2D eigenvalue weighted by Gasteiger charge is -2.26. The zero-order valence-corrected chi connectivity index (χ0v) is 13.8. The van der Waals surface area contributed by atoms with E-state index in [2.05, 4.69) is 23.7 Å². The molecular weight excluding hydrogens is 288 g/mol. The van der Waals surface area contributed by atoms with Gasteiger partial charge in [0.2, 0.25) is 0 Å². The predicted octanol–water partition coefficient (Wildman–Crippen LogP) is 3.75. The maximum Gasteiger partial charge on any atom is 0.256 e. The van der Waals surface area contributed by atoms with Crippen molar-refractivity contribution in [2.75, 3.05) is 13.1 Å². The van der Waals surface area contributed by atoms with Crippen LogP contribution in [0.3, 0.4) is 0 Å². The van der Waals surface area contributed by atoms with Gasteiger partial charge in [-0.25, -0.2) is 0 Å². The molecule has 1 N–H and O–H groups in total. The summed E-state index contributed by atoms with van der Waals surface area (Å²) in [6, 6.07) is 13.6. The van der Waals surface area contributed by atoms with Crippen LogP contribution in [0.4, 0.5) is 0 Å². The molecule has 0 saturated carbocycles. The lowest BCUT2D eigenvalue weighted by atomic mass is 10.1. The summed E-state index contributed by atoms with van der Waals surface area (Å²) >= 11 is 0. The SMILES string of the molecule is CCN(CC)C(C)Oc1ccc2c(c1)c(=O)[nH]c1ccccc12. The average Bonchev–Trinajstić information content (AvgIpc) is 2.56. The zero-order chi connectivity index (χ0) is 16.4. The molecule has 4 nitrogen and oxygen atoms in total. The van der Waals surface area contributed by atoms with Gasteiger partial charge in [0.25, 0.3) is 5.56 Å². The van der Waals surface area contributed by atoms with Crippen LogP contribution in [0.1, 0.15) is 20.8 Å². The molecule has 0 amide bonds. The molecule has 1 unspecified atom stereocenters. The topological polar surface area (TPSA) is 45.3 Å². The van der Waals surface area contributed by atoms with Gasteiger partial charge in [-0.15, -0.1) is 0 Å². The number of hydrogen-bond acceptors (Lipinski definition) is 3. The number of H-pyrrole nitrogens is 1. The van der Waals surface area contributed by atoms with Gasteiger partial charge in [0, 0.05) is 10.9 Å². The minimum atomic E-state index is -0.0837. The van der Waals surface area contributed by atoms with Gasteiger partial charge >= 0.3 is 0 Å². The highest BCUT2D eigenvalue weighted by atomic mass is 16.5. The Morgan fingerprint density at radius 2 is 1.78 bits per heavy atom. The van der Waals surface area contributed by atoms with Crippen molar-refractivity contribution in [2.24, 2.45) is 0 Å². The molecule has 0 spiro atoms. The number of para-hydroxylation sites is 1. The van der Waals surface area contributed by atoms with Crippen LogP contribution in [-0.4, -0.2) is 29.2 Å². The summed E-state index contributed by atoms with van der Waals surface area (Å²) < 4.78 is 6.01. The van der Waals surface area contributed by atoms with E-state index in [1.54, 1.807) is 0 Å². The number of aromatic nitrogens is 1. The fraction of sp³-hybridized carbons (Fsp3) is 0.316. The van der Waals surface area contributed by atoms with E-state index in [1.165, 1.54) is 0 Å². The van der Waals surface area contributed by atoms with Crippen LogP contribution in [0.15, 0.2) is 47.3 Å². The van der Waals surface area contributed by atoms with E-state index in [9.17, 15) is 4.79 Å². The van der Waals surface area contributed by atoms with Crippen LogP contribution < -0.4 is 10.3 Å². The molecule has 0 bridgehead atoms. The van der Waals surface area contributed by atoms with Gasteiger partial charge in [0.1, 0.15) is 12.0 Å². The maximum absolute atomic E-state index is 12.4. The molecule has 4 heteroatoms. The van der Waals surface area contributed by atoms with Crippen molar-refractivity contribution >= 4 is 21.7 Å². The lowest BCUT2D eigenvalue weighted by molar-refractivity contribution is 0.0482. The van der Waals surface area contributed by atoms with Gasteiger partial charge in [-0.2, -0.15) is 0 Å².